The Kier molecular flexibility index (Phi) is 3.59. The molecule has 0 spiro atoms. The molecule has 0 unspecified atom stereocenters. The second-order valence-electron chi connectivity index (χ2n) is 4.08. The maximum Gasteiger partial charge on any atom is 0.270 e. The van der Waals surface area contributed by atoms with E-state index < -0.39 is 10.0 Å². The van der Waals surface area contributed by atoms with Crippen LogP contribution in [-0.2, 0) is 10.0 Å². The first kappa shape index (κ1) is 14.0. The van der Waals surface area contributed by atoms with E-state index in [1.54, 1.807) is 48.7 Å². The number of hydrogen-bond donors (Lipinski definition) is 0. The second kappa shape index (κ2) is 5.12. The van der Waals surface area contributed by atoms with E-state index in [2.05, 4.69) is 20.9 Å². The standard InChI is InChI=1S/C13H8BrIN2O2S/c14-11-6-7-16-13-10(11)8-12(15)17(13)20(18,19)9-4-2-1-3-5-9/h1-8H. The van der Waals surface area contributed by atoms with E-state index in [1.807, 2.05) is 22.6 Å². The predicted molar refractivity (Wildman–Crippen MR) is 89.2 cm³/mol. The van der Waals surface area contributed by atoms with Crippen LogP contribution in [0.15, 0.2) is 58.0 Å². The van der Waals surface area contributed by atoms with E-state index in [0.717, 1.165) is 9.86 Å². The molecule has 20 heavy (non-hydrogen) atoms. The second-order valence-corrected chi connectivity index (χ2v) is 7.83. The molecule has 3 aromatic rings. The van der Waals surface area contributed by atoms with Gasteiger partial charge in [0, 0.05) is 16.1 Å². The van der Waals surface area contributed by atoms with Crippen molar-refractivity contribution >= 4 is 59.6 Å². The van der Waals surface area contributed by atoms with Gasteiger partial charge in [0.15, 0.2) is 5.65 Å². The van der Waals surface area contributed by atoms with Crippen molar-refractivity contribution in [2.45, 2.75) is 4.90 Å². The highest BCUT2D eigenvalue weighted by Gasteiger charge is 2.23. The van der Waals surface area contributed by atoms with Crippen LogP contribution >= 0.6 is 38.5 Å². The van der Waals surface area contributed by atoms with Crippen LogP contribution in [0.5, 0.6) is 0 Å². The first-order chi connectivity index (χ1) is 9.51. The topological polar surface area (TPSA) is 52.0 Å². The summed E-state index contributed by atoms with van der Waals surface area (Å²) in [5.41, 5.74) is 0.424. The van der Waals surface area contributed by atoms with Crippen molar-refractivity contribution in [2.24, 2.45) is 0 Å². The third-order valence-corrected chi connectivity index (χ3v) is 6.38. The van der Waals surface area contributed by atoms with Crippen LogP contribution in [0.4, 0.5) is 0 Å². The predicted octanol–water partition coefficient (Wildman–Crippen LogP) is 3.64. The molecule has 0 amide bonds. The molecule has 0 radical (unpaired) electrons. The van der Waals surface area contributed by atoms with E-state index in [4.69, 9.17) is 0 Å². The minimum atomic E-state index is -3.64. The van der Waals surface area contributed by atoms with Crippen molar-refractivity contribution in [3.8, 4) is 0 Å². The number of halogens is 2. The van der Waals surface area contributed by atoms with Crippen LogP contribution in [0.25, 0.3) is 11.0 Å². The fourth-order valence-corrected chi connectivity index (χ4v) is 5.04. The molecular weight excluding hydrogens is 455 g/mol. The lowest BCUT2D eigenvalue weighted by Gasteiger charge is -2.08. The summed E-state index contributed by atoms with van der Waals surface area (Å²) in [5, 5.41) is 0.774. The van der Waals surface area contributed by atoms with Crippen LogP contribution in [0.2, 0.25) is 0 Å². The number of nitrogens with zero attached hydrogens (tertiary/aromatic N) is 2. The first-order valence-corrected chi connectivity index (χ1v) is 8.95. The fraction of sp³-hybridized carbons (Fsp3) is 0. The molecule has 1 aromatic carbocycles. The van der Waals surface area contributed by atoms with E-state index in [0.29, 0.717) is 9.35 Å². The number of aromatic nitrogens is 2. The number of rotatable bonds is 2. The Labute approximate surface area is 138 Å². The summed E-state index contributed by atoms with van der Waals surface area (Å²) in [6, 6.07) is 11.9. The molecule has 3 rings (SSSR count). The molecule has 0 aliphatic carbocycles. The maximum atomic E-state index is 12.7. The van der Waals surface area contributed by atoms with E-state index in [-0.39, 0.29) is 4.90 Å². The van der Waals surface area contributed by atoms with Crippen LogP contribution in [0, 0.1) is 3.70 Å². The van der Waals surface area contributed by atoms with Gasteiger partial charge in [-0.15, -0.1) is 0 Å². The molecule has 4 nitrogen and oxygen atoms in total. The molecule has 0 N–H and O–H groups in total. The van der Waals surface area contributed by atoms with Crippen molar-refractivity contribution in [2.75, 3.05) is 0 Å². The minimum absolute atomic E-state index is 0.247. The van der Waals surface area contributed by atoms with E-state index in [1.165, 1.54) is 3.97 Å². The Morgan fingerprint density at radius 1 is 1.15 bits per heavy atom. The first-order valence-electron chi connectivity index (χ1n) is 5.64. The summed E-state index contributed by atoms with van der Waals surface area (Å²) >= 11 is 5.42. The van der Waals surface area contributed by atoms with Gasteiger partial charge < -0.3 is 0 Å². The van der Waals surface area contributed by atoms with Crippen molar-refractivity contribution in [1.82, 2.24) is 8.96 Å². The van der Waals surface area contributed by atoms with Gasteiger partial charge in [-0.2, -0.15) is 0 Å². The summed E-state index contributed by atoms with van der Waals surface area (Å²) in [6.45, 7) is 0. The molecule has 7 heteroatoms. The third kappa shape index (κ3) is 2.17. The largest absolute Gasteiger partial charge is 0.270 e. The molecule has 0 saturated heterocycles. The molecule has 0 aliphatic heterocycles. The molecule has 2 aromatic heterocycles. The lowest BCUT2D eigenvalue weighted by atomic mass is 10.3. The molecule has 0 saturated carbocycles. The zero-order valence-electron chi connectivity index (χ0n) is 9.99. The van der Waals surface area contributed by atoms with Crippen LogP contribution in [-0.4, -0.2) is 17.4 Å². The Morgan fingerprint density at radius 2 is 1.85 bits per heavy atom. The van der Waals surface area contributed by atoms with E-state index in [9.17, 15) is 8.42 Å². The van der Waals surface area contributed by atoms with Crippen LogP contribution < -0.4 is 0 Å². The molecule has 0 bridgehead atoms. The van der Waals surface area contributed by atoms with Gasteiger partial charge in [0.25, 0.3) is 10.0 Å². The Bertz CT molecular complexity index is 891. The van der Waals surface area contributed by atoms with Gasteiger partial charge in [0.2, 0.25) is 0 Å². The normalized spacial score (nSPS) is 11.9. The average molecular weight is 463 g/mol. The highest BCUT2D eigenvalue weighted by molar-refractivity contribution is 14.1. The highest BCUT2D eigenvalue weighted by atomic mass is 127. The summed E-state index contributed by atoms with van der Waals surface area (Å²) in [5.74, 6) is 0. The maximum absolute atomic E-state index is 12.7. The number of benzene rings is 1. The third-order valence-electron chi connectivity index (χ3n) is 2.85. The van der Waals surface area contributed by atoms with Crippen LogP contribution in [0.1, 0.15) is 0 Å². The van der Waals surface area contributed by atoms with Gasteiger partial charge in [0.05, 0.1) is 8.60 Å². The van der Waals surface area contributed by atoms with Gasteiger partial charge in [0.1, 0.15) is 0 Å². The summed E-state index contributed by atoms with van der Waals surface area (Å²) in [6.07, 6.45) is 1.58. The van der Waals surface area contributed by atoms with Gasteiger partial charge >= 0.3 is 0 Å². The molecule has 0 aliphatic rings. The molecule has 0 atom stereocenters. The fourth-order valence-electron chi connectivity index (χ4n) is 1.94. The molecular formula is C13H8BrIN2O2S. The van der Waals surface area contributed by atoms with Crippen molar-refractivity contribution in [1.29, 1.82) is 0 Å². The summed E-state index contributed by atoms with van der Waals surface area (Å²) in [4.78, 5) is 4.45. The summed E-state index contributed by atoms with van der Waals surface area (Å²) < 4.78 is 28.2. The Hall–Kier alpha value is -0.930. The average Bonchev–Trinajstić information content (AvgIpc) is 2.78. The number of hydrogen-bond acceptors (Lipinski definition) is 3. The summed E-state index contributed by atoms with van der Waals surface area (Å²) in [7, 11) is -3.64. The van der Waals surface area contributed by atoms with Gasteiger partial charge in [-0.3, -0.25) is 0 Å². The number of pyridine rings is 1. The smallest absolute Gasteiger partial charge is 0.237 e. The van der Waals surface area contributed by atoms with Crippen molar-refractivity contribution in [3.63, 3.8) is 0 Å². The quantitative estimate of drug-likeness (QED) is 0.546. The Balaban J connectivity index is 2.36. The Morgan fingerprint density at radius 3 is 2.55 bits per heavy atom. The van der Waals surface area contributed by atoms with E-state index >= 15 is 0 Å². The van der Waals surface area contributed by atoms with Crippen LogP contribution in [0.3, 0.4) is 0 Å². The van der Waals surface area contributed by atoms with Gasteiger partial charge in [-0.25, -0.2) is 17.4 Å². The van der Waals surface area contributed by atoms with Gasteiger partial charge in [-0.1, -0.05) is 18.2 Å². The molecule has 102 valence electrons. The number of fused-ring (bicyclic) bond motifs is 1. The van der Waals surface area contributed by atoms with Crippen molar-refractivity contribution in [3.05, 3.63) is 56.8 Å². The minimum Gasteiger partial charge on any atom is -0.237 e. The zero-order chi connectivity index (χ0) is 14.3. The van der Waals surface area contributed by atoms with Crippen molar-refractivity contribution < 1.29 is 8.42 Å². The van der Waals surface area contributed by atoms with Gasteiger partial charge in [-0.05, 0) is 62.8 Å². The molecule has 0 fully saturated rings. The lowest BCUT2D eigenvalue weighted by molar-refractivity contribution is 0.588. The highest BCUT2D eigenvalue weighted by Crippen LogP contribution is 2.29. The SMILES string of the molecule is O=S(=O)(c1ccccc1)n1c(I)cc2c(Br)ccnc21. The molecule has 2 heterocycles. The zero-order valence-corrected chi connectivity index (χ0v) is 14.6. The lowest BCUT2D eigenvalue weighted by Crippen LogP contribution is -2.14. The monoisotopic (exact) mass is 462 g/mol.